The van der Waals surface area contributed by atoms with Gasteiger partial charge in [-0.25, -0.2) is 0 Å². The molecule has 0 radical (unpaired) electrons. The summed E-state index contributed by atoms with van der Waals surface area (Å²) in [6, 6.07) is 0.706. The minimum Gasteiger partial charge on any atom is -0.396 e. The zero-order chi connectivity index (χ0) is 10.1. The lowest BCUT2D eigenvalue weighted by Crippen LogP contribution is -2.34. The molecule has 1 fully saturated rings. The van der Waals surface area contributed by atoms with Crippen molar-refractivity contribution in [3.05, 3.63) is 0 Å². The maximum absolute atomic E-state index is 8.58. The lowest BCUT2D eigenvalue weighted by atomic mass is 10.2. The fourth-order valence-electron chi connectivity index (χ4n) is 1.62. The molecule has 3 nitrogen and oxygen atoms in total. The van der Waals surface area contributed by atoms with Crippen LogP contribution in [0.15, 0.2) is 0 Å². The fraction of sp³-hybridized carbons (Fsp3) is 1.00. The Hall–Kier alpha value is 0.230. The molecule has 1 rings (SSSR count). The number of hydrogen-bond acceptors (Lipinski definition) is 4. The quantitative estimate of drug-likeness (QED) is 0.517. The molecule has 4 heteroatoms. The van der Waals surface area contributed by atoms with Crippen molar-refractivity contribution in [2.24, 2.45) is 0 Å². The van der Waals surface area contributed by atoms with Gasteiger partial charge in [-0.15, -0.1) is 0 Å². The van der Waals surface area contributed by atoms with Crippen molar-refractivity contribution >= 4 is 11.8 Å². The van der Waals surface area contributed by atoms with E-state index in [4.69, 9.17) is 5.11 Å². The van der Waals surface area contributed by atoms with Crippen LogP contribution < -0.4 is 10.6 Å². The third-order valence-corrected chi connectivity index (χ3v) is 3.49. The number of thioether (sulfide) groups is 1. The van der Waals surface area contributed by atoms with Crippen LogP contribution in [-0.2, 0) is 0 Å². The standard InChI is InChI=1S/C10H22N2OS/c13-6-2-7-14-8-5-11-9-10-3-1-4-12-10/h10-13H,1-9H2. The average Bonchev–Trinajstić information content (AvgIpc) is 2.69. The largest absolute Gasteiger partial charge is 0.396 e. The molecular weight excluding hydrogens is 196 g/mol. The Kier molecular flexibility index (Phi) is 7.50. The Morgan fingerprint density at radius 2 is 2.36 bits per heavy atom. The molecule has 1 unspecified atom stereocenters. The maximum atomic E-state index is 8.58. The van der Waals surface area contributed by atoms with Gasteiger partial charge in [-0.05, 0) is 31.6 Å². The molecule has 0 amide bonds. The molecule has 3 N–H and O–H groups in total. The molecule has 14 heavy (non-hydrogen) atoms. The van der Waals surface area contributed by atoms with E-state index in [-0.39, 0.29) is 0 Å². The van der Waals surface area contributed by atoms with Gasteiger partial charge in [-0.2, -0.15) is 11.8 Å². The fourth-order valence-corrected chi connectivity index (χ4v) is 2.45. The van der Waals surface area contributed by atoms with Gasteiger partial charge in [0, 0.05) is 31.5 Å². The minimum absolute atomic E-state index is 0.326. The Balaban J connectivity index is 1.75. The molecule has 0 aromatic heterocycles. The Morgan fingerprint density at radius 3 is 3.07 bits per heavy atom. The van der Waals surface area contributed by atoms with Gasteiger partial charge in [0.05, 0.1) is 0 Å². The first-order chi connectivity index (χ1) is 6.93. The van der Waals surface area contributed by atoms with Crippen LogP contribution in [0, 0.1) is 0 Å². The number of nitrogens with one attached hydrogen (secondary N) is 2. The van der Waals surface area contributed by atoms with E-state index in [1.54, 1.807) is 0 Å². The van der Waals surface area contributed by atoms with Gasteiger partial charge in [0.1, 0.15) is 0 Å². The van der Waals surface area contributed by atoms with Crippen LogP contribution in [0.25, 0.3) is 0 Å². The van der Waals surface area contributed by atoms with E-state index >= 15 is 0 Å². The predicted molar refractivity (Wildman–Crippen MR) is 62.9 cm³/mol. The topological polar surface area (TPSA) is 44.3 Å². The van der Waals surface area contributed by atoms with Gasteiger partial charge in [-0.1, -0.05) is 0 Å². The first kappa shape index (κ1) is 12.3. The van der Waals surface area contributed by atoms with Crippen LogP contribution in [-0.4, -0.2) is 48.9 Å². The van der Waals surface area contributed by atoms with E-state index in [9.17, 15) is 0 Å². The van der Waals surface area contributed by atoms with E-state index in [1.165, 1.54) is 19.4 Å². The number of aliphatic hydroxyl groups excluding tert-OH is 1. The van der Waals surface area contributed by atoms with Gasteiger partial charge in [-0.3, -0.25) is 0 Å². The molecule has 1 saturated heterocycles. The van der Waals surface area contributed by atoms with Crippen molar-refractivity contribution in [3.63, 3.8) is 0 Å². The third-order valence-electron chi connectivity index (χ3n) is 2.42. The first-order valence-corrected chi connectivity index (χ1v) is 6.71. The minimum atomic E-state index is 0.326. The second-order valence-corrected chi connectivity index (χ2v) is 4.91. The molecule has 0 aromatic rings. The summed E-state index contributed by atoms with van der Waals surface area (Å²) in [5, 5.41) is 15.5. The summed E-state index contributed by atoms with van der Waals surface area (Å²) in [6.07, 6.45) is 3.58. The lowest BCUT2D eigenvalue weighted by Gasteiger charge is -2.10. The molecular formula is C10H22N2OS. The van der Waals surface area contributed by atoms with Gasteiger partial charge in [0.2, 0.25) is 0 Å². The summed E-state index contributed by atoms with van der Waals surface area (Å²) in [5.74, 6) is 2.24. The summed E-state index contributed by atoms with van der Waals surface area (Å²) in [4.78, 5) is 0. The molecule has 0 spiro atoms. The van der Waals surface area contributed by atoms with E-state index in [0.717, 1.165) is 31.0 Å². The first-order valence-electron chi connectivity index (χ1n) is 5.56. The van der Waals surface area contributed by atoms with E-state index in [0.29, 0.717) is 12.6 Å². The molecule has 0 aromatic carbocycles. The van der Waals surface area contributed by atoms with Gasteiger partial charge in [0.15, 0.2) is 0 Å². The summed E-state index contributed by atoms with van der Waals surface area (Å²) in [6.45, 7) is 3.72. The van der Waals surface area contributed by atoms with Gasteiger partial charge < -0.3 is 15.7 Å². The second-order valence-electron chi connectivity index (χ2n) is 3.69. The summed E-state index contributed by atoms with van der Waals surface area (Å²) in [7, 11) is 0. The van der Waals surface area contributed by atoms with E-state index in [2.05, 4.69) is 10.6 Å². The smallest absolute Gasteiger partial charge is 0.0438 e. The highest BCUT2D eigenvalue weighted by atomic mass is 32.2. The van der Waals surface area contributed by atoms with E-state index in [1.807, 2.05) is 11.8 Å². The highest BCUT2D eigenvalue weighted by molar-refractivity contribution is 7.99. The number of hydrogen-bond donors (Lipinski definition) is 3. The van der Waals surface area contributed by atoms with Crippen molar-refractivity contribution in [2.45, 2.75) is 25.3 Å². The number of rotatable bonds is 8. The van der Waals surface area contributed by atoms with Crippen molar-refractivity contribution in [2.75, 3.05) is 37.7 Å². The van der Waals surface area contributed by atoms with Crippen molar-refractivity contribution in [1.82, 2.24) is 10.6 Å². The SMILES string of the molecule is OCCCSCCNCC1CCCN1. The Morgan fingerprint density at radius 1 is 1.43 bits per heavy atom. The van der Waals surface area contributed by atoms with Crippen LogP contribution in [0.4, 0.5) is 0 Å². The van der Waals surface area contributed by atoms with Crippen LogP contribution in [0.1, 0.15) is 19.3 Å². The molecule has 1 atom stereocenters. The van der Waals surface area contributed by atoms with Crippen molar-refractivity contribution in [3.8, 4) is 0 Å². The monoisotopic (exact) mass is 218 g/mol. The summed E-state index contributed by atoms with van der Waals surface area (Å²) >= 11 is 1.92. The second kappa shape index (κ2) is 8.53. The van der Waals surface area contributed by atoms with Gasteiger partial charge in [0.25, 0.3) is 0 Å². The Bertz CT molecular complexity index is 129. The van der Waals surface area contributed by atoms with Crippen molar-refractivity contribution < 1.29 is 5.11 Å². The van der Waals surface area contributed by atoms with Gasteiger partial charge >= 0.3 is 0 Å². The van der Waals surface area contributed by atoms with E-state index < -0.39 is 0 Å². The molecule has 1 aliphatic heterocycles. The summed E-state index contributed by atoms with van der Waals surface area (Å²) in [5.41, 5.74) is 0. The lowest BCUT2D eigenvalue weighted by molar-refractivity contribution is 0.296. The van der Waals surface area contributed by atoms with Crippen LogP contribution in [0.5, 0.6) is 0 Å². The highest BCUT2D eigenvalue weighted by Gasteiger charge is 2.12. The normalized spacial score (nSPS) is 21.6. The molecule has 0 saturated carbocycles. The molecule has 1 aliphatic rings. The molecule has 0 bridgehead atoms. The summed E-state index contributed by atoms with van der Waals surface area (Å²) < 4.78 is 0. The van der Waals surface area contributed by atoms with Crippen molar-refractivity contribution in [1.29, 1.82) is 0 Å². The Labute approximate surface area is 91.0 Å². The average molecular weight is 218 g/mol. The highest BCUT2D eigenvalue weighted by Crippen LogP contribution is 2.03. The maximum Gasteiger partial charge on any atom is 0.0438 e. The van der Waals surface area contributed by atoms with Crippen LogP contribution in [0.2, 0.25) is 0 Å². The van der Waals surface area contributed by atoms with Crippen LogP contribution in [0.3, 0.4) is 0 Å². The van der Waals surface area contributed by atoms with Crippen LogP contribution >= 0.6 is 11.8 Å². The molecule has 0 aliphatic carbocycles. The number of aliphatic hydroxyl groups is 1. The molecule has 1 heterocycles. The third kappa shape index (κ3) is 5.86. The zero-order valence-electron chi connectivity index (χ0n) is 8.80. The molecule has 84 valence electrons. The zero-order valence-corrected chi connectivity index (χ0v) is 9.61. The predicted octanol–water partition coefficient (Wildman–Crippen LogP) is 0.444.